The predicted molar refractivity (Wildman–Crippen MR) is 52.9 cm³/mol. The van der Waals surface area contributed by atoms with Crippen LogP contribution in [0.25, 0.3) is 0 Å². The van der Waals surface area contributed by atoms with Gasteiger partial charge in [-0.05, 0) is 22.0 Å². The molecule has 0 aliphatic carbocycles. The van der Waals surface area contributed by atoms with Crippen molar-refractivity contribution in [2.45, 2.75) is 0 Å². The standard InChI is InChI=1S/C8H8BrN3O2/c9-5-3-6(11-4-5)7(13)12-2-1-10-8(12)14/h3-4,11H,1-2H2,(H,10,14). The second-order valence-corrected chi connectivity index (χ2v) is 3.84. The minimum atomic E-state index is -0.333. The molecule has 6 heteroatoms. The lowest BCUT2D eigenvalue weighted by Crippen LogP contribution is -2.34. The molecule has 0 aromatic carbocycles. The van der Waals surface area contributed by atoms with E-state index in [2.05, 4.69) is 26.2 Å². The monoisotopic (exact) mass is 257 g/mol. The van der Waals surface area contributed by atoms with Gasteiger partial charge in [0, 0.05) is 23.8 Å². The first-order chi connectivity index (χ1) is 6.68. The highest BCUT2D eigenvalue weighted by Gasteiger charge is 2.27. The van der Waals surface area contributed by atoms with Crippen LogP contribution in [0.5, 0.6) is 0 Å². The van der Waals surface area contributed by atoms with Gasteiger partial charge in [0.05, 0.1) is 0 Å². The number of carbonyl (C=O) groups excluding carboxylic acids is 2. The normalized spacial score (nSPS) is 15.8. The molecule has 0 radical (unpaired) electrons. The molecule has 1 fully saturated rings. The average molecular weight is 258 g/mol. The first-order valence-corrected chi connectivity index (χ1v) is 4.91. The van der Waals surface area contributed by atoms with E-state index in [1.807, 2.05) is 0 Å². The summed E-state index contributed by atoms with van der Waals surface area (Å²) < 4.78 is 0.792. The Morgan fingerprint density at radius 1 is 1.57 bits per heavy atom. The molecule has 0 unspecified atom stereocenters. The molecule has 14 heavy (non-hydrogen) atoms. The van der Waals surface area contributed by atoms with Crippen LogP contribution in [0.2, 0.25) is 0 Å². The number of aromatic nitrogens is 1. The van der Waals surface area contributed by atoms with Crippen molar-refractivity contribution in [3.8, 4) is 0 Å². The fourth-order valence-electron chi connectivity index (χ4n) is 1.30. The van der Waals surface area contributed by atoms with Gasteiger partial charge in [-0.2, -0.15) is 0 Å². The van der Waals surface area contributed by atoms with Gasteiger partial charge in [0.25, 0.3) is 5.91 Å². The van der Waals surface area contributed by atoms with Gasteiger partial charge in [0.15, 0.2) is 0 Å². The molecule has 0 bridgehead atoms. The van der Waals surface area contributed by atoms with E-state index >= 15 is 0 Å². The third-order valence-electron chi connectivity index (χ3n) is 1.98. The number of imide groups is 1. The average Bonchev–Trinajstić information content (AvgIpc) is 2.73. The largest absolute Gasteiger partial charge is 0.356 e. The molecule has 3 amide bonds. The summed E-state index contributed by atoms with van der Waals surface area (Å²) in [5.74, 6) is -0.300. The van der Waals surface area contributed by atoms with Crippen molar-refractivity contribution < 1.29 is 9.59 Å². The zero-order chi connectivity index (χ0) is 10.1. The maximum atomic E-state index is 11.7. The van der Waals surface area contributed by atoms with Crippen LogP contribution in [-0.2, 0) is 0 Å². The van der Waals surface area contributed by atoms with Gasteiger partial charge in [-0.25, -0.2) is 4.79 Å². The molecule has 5 nitrogen and oxygen atoms in total. The van der Waals surface area contributed by atoms with E-state index in [1.54, 1.807) is 12.3 Å². The Labute approximate surface area is 88.6 Å². The summed E-state index contributed by atoms with van der Waals surface area (Å²) >= 11 is 3.22. The van der Waals surface area contributed by atoms with E-state index in [1.165, 1.54) is 4.90 Å². The number of hydrogen-bond acceptors (Lipinski definition) is 2. The number of carbonyl (C=O) groups is 2. The zero-order valence-electron chi connectivity index (χ0n) is 7.21. The Morgan fingerprint density at radius 3 is 2.86 bits per heavy atom. The lowest BCUT2D eigenvalue weighted by atomic mass is 10.4. The number of aromatic amines is 1. The van der Waals surface area contributed by atoms with Crippen LogP contribution in [0.1, 0.15) is 10.5 Å². The Balaban J connectivity index is 2.19. The van der Waals surface area contributed by atoms with E-state index in [4.69, 9.17) is 0 Å². The van der Waals surface area contributed by atoms with Gasteiger partial charge in [-0.1, -0.05) is 0 Å². The third-order valence-corrected chi connectivity index (χ3v) is 2.44. The number of amides is 3. The van der Waals surface area contributed by atoms with Crippen molar-refractivity contribution in [1.29, 1.82) is 0 Å². The number of hydrogen-bond donors (Lipinski definition) is 2. The van der Waals surface area contributed by atoms with Gasteiger partial charge >= 0.3 is 6.03 Å². The summed E-state index contributed by atoms with van der Waals surface area (Å²) in [6.45, 7) is 0.945. The molecule has 74 valence electrons. The fourth-order valence-corrected chi connectivity index (χ4v) is 1.65. The Kier molecular flexibility index (Phi) is 2.28. The van der Waals surface area contributed by atoms with Crippen LogP contribution in [0.4, 0.5) is 4.79 Å². The van der Waals surface area contributed by atoms with Crippen molar-refractivity contribution in [3.05, 3.63) is 22.4 Å². The summed E-state index contributed by atoms with van der Waals surface area (Å²) in [4.78, 5) is 26.8. The number of rotatable bonds is 1. The summed E-state index contributed by atoms with van der Waals surface area (Å²) in [7, 11) is 0. The maximum Gasteiger partial charge on any atom is 0.324 e. The molecule has 1 aliphatic heterocycles. The van der Waals surface area contributed by atoms with Gasteiger partial charge in [-0.3, -0.25) is 9.69 Å². The van der Waals surface area contributed by atoms with E-state index in [9.17, 15) is 9.59 Å². The highest BCUT2D eigenvalue weighted by atomic mass is 79.9. The second-order valence-electron chi connectivity index (χ2n) is 2.92. The Hall–Kier alpha value is -1.30. The van der Waals surface area contributed by atoms with Gasteiger partial charge in [0.1, 0.15) is 5.69 Å². The summed E-state index contributed by atoms with van der Waals surface area (Å²) in [6, 6.07) is 1.31. The van der Waals surface area contributed by atoms with Crippen molar-refractivity contribution in [1.82, 2.24) is 15.2 Å². The molecule has 2 N–H and O–H groups in total. The molecule has 2 heterocycles. The van der Waals surface area contributed by atoms with Gasteiger partial charge in [-0.15, -0.1) is 0 Å². The quantitative estimate of drug-likeness (QED) is 0.787. The van der Waals surface area contributed by atoms with Crippen molar-refractivity contribution in [3.63, 3.8) is 0 Å². The zero-order valence-corrected chi connectivity index (χ0v) is 8.80. The highest BCUT2D eigenvalue weighted by molar-refractivity contribution is 9.10. The Morgan fingerprint density at radius 2 is 2.36 bits per heavy atom. The molecular formula is C8H8BrN3O2. The van der Waals surface area contributed by atoms with E-state index < -0.39 is 0 Å². The van der Waals surface area contributed by atoms with Crippen LogP contribution in [0, 0.1) is 0 Å². The topological polar surface area (TPSA) is 65.2 Å². The van der Waals surface area contributed by atoms with Crippen LogP contribution in [0.3, 0.4) is 0 Å². The Bertz CT molecular complexity index is 388. The van der Waals surface area contributed by atoms with Crippen LogP contribution < -0.4 is 5.32 Å². The molecule has 2 rings (SSSR count). The molecule has 1 aliphatic rings. The third kappa shape index (κ3) is 1.52. The molecular weight excluding hydrogens is 250 g/mol. The molecule has 1 aromatic heterocycles. The highest BCUT2D eigenvalue weighted by Crippen LogP contribution is 2.13. The first kappa shape index (κ1) is 9.26. The van der Waals surface area contributed by atoms with E-state index in [-0.39, 0.29) is 11.9 Å². The molecule has 1 aromatic rings. The fraction of sp³-hybridized carbons (Fsp3) is 0.250. The van der Waals surface area contributed by atoms with Crippen LogP contribution >= 0.6 is 15.9 Å². The number of nitrogens with zero attached hydrogens (tertiary/aromatic N) is 1. The smallest absolute Gasteiger partial charge is 0.324 e. The van der Waals surface area contributed by atoms with Crippen molar-refractivity contribution >= 4 is 27.9 Å². The van der Waals surface area contributed by atoms with E-state index in [0.29, 0.717) is 18.8 Å². The summed E-state index contributed by atoms with van der Waals surface area (Å²) in [6.07, 6.45) is 1.65. The van der Waals surface area contributed by atoms with Gasteiger partial charge in [0.2, 0.25) is 0 Å². The number of H-pyrrole nitrogens is 1. The maximum absolute atomic E-state index is 11.7. The number of urea groups is 1. The predicted octanol–water partition coefficient (Wildman–Crippen LogP) is 0.943. The number of nitrogens with one attached hydrogen (secondary N) is 2. The molecule has 0 saturated carbocycles. The summed E-state index contributed by atoms with van der Waals surface area (Å²) in [5.41, 5.74) is 0.411. The minimum Gasteiger partial charge on any atom is -0.356 e. The first-order valence-electron chi connectivity index (χ1n) is 4.12. The van der Waals surface area contributed by atoms with E-state index in [0.717, 1.165) is 4.47 Å². The van der Waals surface area contributed by atoms with Crippen molar-refractivity contribution in [2.75, 3.05) is 13.1 Å². The van der Waals surface area contributed by atoms with Gasteiger partial charge < -0.3 is 10.3 Å². The molecule has 1 saturated heterocycles. The SMILES string of the molecule is O=C1NCCN1C(=O)c1cc(Br)c[nH]1. The van der Waals surface area contributed by atoms with Crippen LogP contribution in [0.15, 0.2) is 16.7 Å². The lowest BCUT2D eigenvalue weighted by molar-refractivity contribution is 0.0824. The second kappa shape index (κ2) is 3.45. The molecule has 0 spiro atoms. The van der Waals surface area contributed by atoms with Crippen LogP contribution in [-0.4, -0.2) is 34.9 Å². The minimum absolute atomic E-state index is 0.300. The number of halogens is 1. The lowest BCUT2D eigenvalue weighted by Gasteiger charge is -2.09. The summed E-state index contributed by atoms with van der Waals surface area (Å²) in [5, 5.41) is 2.57. The molecule has 0 atom stereocenters. The van der Waals surface area contributed by atoms with Crippen molar-refractivity contribution in [2.24, 2.45) is 0 Å².